The summed E-state index contributed by atoms with van der Waals surface area (Å²) in [6.07, 6.45) is 3.22. The summed E-state index contributed by atoms with van der Waals surface area (Å²) in [5.41, 5.74) is 0. The van der Waals surface area contributed by atoms with Crippen LogP contribution < -0.4 is 10.6 Å². The van der Waals surface area contributed by atoms with E-state index in [0.29, 0.717) is 5.92 Å². The standard InChI is InChI=1S/C10H20N2OS/c1-8(7-14-2)10(13)12-6-9-3-4-11-5-9/h8-9,11H,3-7H2,1-2H3,(H,12,13). The van der Waals surface area contributed by atoms with E-state index < -0.39 is 0 Å². The molecule has 2 atom stereocenters. The summed E-state index contributed by atoms with van der Waals surface area (Å²) in [5.74, 6) is 1.89. The minimum absolute atomic E-state index is 0.138. The first-order chi connectivity index (χ1) is 6.74. The highest BCUT2D eigenvalue weighted by Gasteiger charge is 2.17. The Morgan fingerprint density at radius 1 is 1.71 bits per heavy atom. The molecule has 1 saturated heterocycles. The summed E-state index contributed by atoms with van der Waals surface area (Å²) in [4.78, 5) is 11.5. The zero-order valence-electron chi connectivity index (χ0n) is 9.01. The van der Waals surface area contributed by atoms with Crippen LogP contribution in [0.5, 0.6) is 0 Å². The Labute approximate surface area is 90.4 Å². The van der Waals surface area contributed by atoms with E-state index in [2.05, 4.69) is 10.6 Å². The summed E-state index contributed by atoms with van der Waals surface area (Å²) >= 11 is 1.72. The van der Waals surface area contributed by atoms with Gasteiger partial charge in [-0.1, -0.05) is 6.92 Å². The second kappa shape index (κ2) is 6.30. The van der Waals surface area contributed by atoms with Gasteiger partial charge in [-0.2, -0.15) is 11.8 Å². The first-order valence-corrected chi connectivity index (χ1v) is 6.60. The second-order valence-electron chi connectivity index (χ2n) is 3.96. The number of nitrogens with one attached hydrogen (secondary N) is 2. The molecule has 0 spiro atoms. The number of amides is 1. The molecule has 2 N–H and O–H groups in total. The van der Waals surface area contributed by atoms with E-state index in [0.717, 1.165) is 25.4 Å². The lowest BCUT2D eigenvalue weighted by Crippen LogP contribution is -2.34. The summed E-state index contributed by atoms with van der Waals surface area (Å²) < 4.78 is 0. The summed E-state index contributed by atoms with van der Waals surface area (Å²) in [6.45, 7) is 4.97. The third-order valence-electron chi connectivity index (χ3n) is 2.59. The maximum atomic E-state index is 11.5. The monoisotopic (exact) mass is 216 g/mol. The van der Waals surface area contributed by atoms with Crippen LogP contribution in [0, 0.1) is 11.8 Å². The van der Waals surface area contributed by atoms with Gasteiger partial charge < -0.3 is 10.6 Å². The van der Waals surface area contributed by atoms with Crippen LogP contribution in [0.1, 0.15) is 13.3 Å². The fraction of sp³-hybridized carbons (Fsp3) is 0.900. The normalized spacial score (nSPS) is 23.4. The van der Waals surface area contributed by atoms with Gasteiger partial charge in [0.15, 0.2) is 0 Å². The highest BCUT2D eigenvalue weighted by molar-refractivity contribution is 7.98. The molecule has 1 aliphatic heterocycles. The van der Waals surface area contributed by atoms with E-state index in [1.54, 1.807) is 11.8 Å². The minimum atomic E-state index is 0.138. The first kappa shape index (κ1) is 11.9. The molecule has 1 heterocycles. The van der Waals surface area contributed by atoms with Crippen LogP contribution in [0.25, 0.3) is 0 Å². The summed E-state index contributed by atoms with van der Waals surface area (Å²) in [5, 5.41) is 6.31. The molecule has 0 bridgehead atoms. The average molecular weight is 216 g/mol. The number of rotatable bonds is 5. The van der Waals surface area contributed by atoms with E-state index in [-0.39, 0.29) is 11.8 Å². The van der Waals surface area contributed by atoms with E-state index in [1.807, 2.05) is 13.2 Å². The number of hydrogen-bond donors (Lipinski definition) is 2. The highest BCUT2D eigenvalue weighted by atomic mass is 32.2. The van der Waals surface area contributed by atoms with Crippen molar-refractivity contribution in [3.8, 4) is 0 Å². The summed E-state index contributed by atoms with van der Waals surface area (Å²) in [6, 6.07) is 0. The second-order valence-corrected chi connectivity index (χ2v) is 4.87. The van der Waals surface area contributed by atoms with Crippen LogP contribution in [-0.2, 0) is 4.79 Å². The van der Waals surface area contributed by atoms with Gasteiger partial charge in [0.25, 0.3) is 0 Å². The maximum Gasteiger partial charge on any atom is 0.223 e. The van der Waals surface area contributed by atoms with E-state index in [9.17, 15) is 4.79 Å². The van der Waals surface area contributed by atoms with Crippen molar-refractivity contribution in [1.29, 1.82) is 0 Å². The molecule has 0 radical (unpaired) electrons. The Morgan fingerprint density at radius 3 is 3.07 bits per heavy atom. The zero-order chi connectivity index (χ0) is 10.4. The van der Waals surface area contributed by atoms with E-state index >= 15 is 0 Å². The van der Waals surface area contributed by atoms with Crippen LogP contribution in [0.4, 0.5) is 0 Å². The molecule has 1 aliphatic rings. The third-order valence-corrected chi connectivity index (χ3v) is 3.42. The minimum Gasteiger partial charge on any atom is -0.356 e. The Morgan fingerprint density at radius 2 is 2.50 bits per heavy atom. The lowest BCUT2D eigenvalue weighted by Gasteiger charge is -2.13. The Hall–Kier alpha value is -0.220. The molecule has 1 amide bonds. The largest absolute Gasteiger partial charge is 0.356 e. The lowest BCUT2D eigenvalue weighted by atomic mass is 10.1. The van der Waals surface area contributed by atoms with Crippen molar-refractivity contribution in [2.45, 2.75) is 13.3 Å². The van der Waals surface area contributed by atoms with Crippen molar-refractivity contribution < 1.29 is 4.79 Å². The van der Waals surface area contributed by atoms with Gasteiger partial charge in [-0.05, 0) is 31.7 Å². The molecular formula is C10H20N2OS. The van der Waals surface area contributed by atoms with Crippen LogP contribution in [0.3, 0.4) is 0 Å². The number of thioether (sulfide) groups is 1. The molecule has 4 heteroatoms. The predicted molar refractivity (Wildman–Crippen MR) is 61.5 cm³/mol. The van der Waals surface area contributed by atoms with E-state index in [4.69, 9.17) is 0 Å². The molecule has 1 rings (SSSR count). The Bertz CT molecular complexity index is 181. The molecular weight excluding hydrogens is 196 g/mol. The zero-order valence-corrected chi connectivity index (χ0v) is 9.82. The summed E-state index contributed by atoms with van der Waals surface area (Å²) in [7, 11) is 0. The van der Waals surface area contributed by atoms with Gasteiger partial charge in [-0.15, -0.1) is 0 Å². The van der Waals surface area contributed by atoms with Crippen LogP contribution >= 0.6 is 11.8 Å². The van der Waals surface area contributed by atoms with Crippen LogP contribution in [0.15, 0.2) is 0 Å². The number of hydrogen-bond acceptors (Lipinski definition) is 3. The predicted octanol–water partition coefficient (Wildman–Crippen LogP) is 0.711. The first-order valence-electron chi connectivity index (χ1n) is 5.21. The fourth-order valence-electron chi connectivity index (χ4n) is 1.63. The SMILES string of the molecule is CSCC(C)C(=O)NCC1CCNC1. The van der Waals surface area contributed by atoms with Gasteiger partial charge in [-0.3, -0.25) is 4.79 Å². The molecule has 14 heavy (non-hydrogen) atoms. The topological polar surface area (TPSA) is 41.1 Å². The Kier molecular flexibility index (Phi) is 5.33. The Balaban J connectivity index is 2.13. The quantitative estimate of drug-likeness (QED) is 0.711. The molecule has 82 valence electrons. The number of carbonyl (C=O) groups excluding carboxylic acids is 1. The maximum absolute atomic E-state index is 11.5. The molecule has 3 nitrogen and oxygen atoms in total. The van der Waals surface area contributed by atoms with Crippen LogP contribution in [-0.4, -0.2) is 37.6 Å². The van der Waals surface area contributed by atoms with Gasteiger partial charge in [0.1, 0.15) is 0 Å². The fourth-order valence-corrected chi connectivity index (χ4v) is 2.28. The molecule has 1 fully saturated rings. The molecule has 0 aliphatic carbocycles. The molecule has 0 aromatic carbocycles. The lowest BCUT2D eigenvalue weighted by molar-refractivity contribution is -0.123. The van der Waals surface area contributed by atoms with Gasteiger partial charge in [-0.25, -0.2) is 0 Å². The van der Waals surface area contributed by atoms with E-state index in [1.165, 1.54) is 6.42 Å². The van der Waals surface area contributed by atoms with Gasteiger partial charge in [0, 0.05) is 18.2 Å². The molecule has 0 saturated carbocycles. The van der Waals surface area contributed by atoms with Crippen molar-refractivity contribution >= 4 is 17.7 Å². The smallest absolute Gasteiger partial charge is 0.223 e. The van der Waals surface area contributed by atoms with Crippen molar-refractivity contribution in [2.75, 3.05) is 31.6 Å². The highest BCUT2D eigenvalue weighted by Crippen LogP contribution is 2.07. The van der Waals surface area contributed by atoms with Gasteiger partial charge >= 0.3 is 0 Å². The third kappa shape index (κ3) is 3.88. The molecule has 0 aromatic rings. The molecule has 2 unspecified atom stereocenters. The van der Waals surface area contributed by atoms with Crippen molar-refractivity contribution in [2.24, 2.45) is 11.8 Å². The van der Waals surface area contributed by atoms with Crippen LogP contribution in [0.2, 0.25) is 0 Å². The van der Waals surface area contributed by atoms with Crippen molar-refractivity contribution in [3.05, 3.63) is 0 Å². The van der Waals surface area contributed by atoms with Gasteiger partial charge in [0.2, 0.25) is 5.91 Å². The van der Waals surface area contributed by atoms with Gasteiger partial charge in [0.05, 0.1) is 0 Å². The number of carbonyl (C=O) groups is 1. The molecule has 0 aromatic heterocycles. The van der Waals surface area contributed by atoms with Crippen molar-refractivity contribution in [3.63, 3.8) is 0 Å². The van der Waals surface area contributed by atoms with Crippen molar-refractivity contribution in [1.82, 2.24) is 10.6 Å². The average Bonchev–Trinajstić information content (AvgIpc) is 2.67.